The Morgan fingerprint density at radius 2 is 1.59 bits per heavy atom. The van der Waals surface area contributed by atoms with Gasteiger partial charge in [-0.15, -0.1) is 0 Å². The van der Waals surface area contributed by atoms with Crippen LogP contribution in [0.15, 0.2) is 23.1 Å². The molecule has 1 aliphatic rings. The molecule has 3 rings (SSSR count). The number of rotatable bonds is 4. The summed E-state index contributed by atoms with van der Waals surface area (Å²) in [7, 11) is -4.14. The van der Waals surface area contributed by atoms with E-state index in [4.69, 9.17) is 0 Å². The normalized spacial score (nSPS) is 15.6. The summed E-state index contributed by atoms with van der Waals surface area (Å²) in [4.78, 5) is 13.4. The Morgan fingerprint density at radius 1 is 1.03 bits per heavy atom. The van der Waals surface area contributed by atoms with Crippen molar-refractivity contribution in [1.82, 2.24) is 9.29 Å². The molecule has 156 valence electrons. The number of nitro groups is 1. The highest BCUT2D eigenvalue weighted by atomic mass is 32.2. The third kappa shape index (κ3) is 3.74. The summed E-state index contributed by atoms with van der Waals surface area (Å²) in [6, 6.07) is 3.41. The zero-order chi connectivity index (χ0) is 21.5. The first-order chi connectivity index (χ1) is 13.5. The summed E-state index contributed by atoms with van der Waals surface area (Å²) >= 11 is 0. The number of aromatic nitrogens is 1. The van der Waals surface area contributed by atoms with Crippen LogP contribution in [0.2, 0.25) is 0 Å². The van der Waals surface area contributed by atoms with Gasteiger partial charge in [-0.25, -0.2) is 8.42 Å². The van der Waals surface area contributed by atoms with E-state index in [2.05, 4.69) is 4.98 Å². The first-order valence-corrected chi connectivity index (χ1v) is 9.68. The number of non-ortho nitro benzene ring substituents is 1. The molecule has 2 aromatic rings. The molecule has 0 radical (unpaired) electrons. The predicted molar refractivity (Wildman–Crippen MR) is 92.9 cm³/mol. The molecule has 0 amide bonds. The summed E-state index contributed by atoms with van der Waals surface area (Å²) in [5.41, 5.74) is -1.08. The van der Waals surface area contributed by atoms with Crippen molar-refractivity contribution in [3.63, 3.8) is 0 Å². The van der Waals surface area contributed by atoms with E-state index in [1.165, 1.54) is 19.1 Å². The summed E-state index contributed by atoms with van der Waals surface area (Å²) in [5, 5.41) is 10.9. The van der Waals surface area contributed by atoms with Gasteiger partial charge >= 0.3 is 0 Å². The Balaban J connectivity index is 1.87. The highest BCUT2D eigenvalue weighted by Crippen LogP contribution is 2.29. The lowest BCUT2D eigenvalue weighted by atomic mass is 10.2. The number of aryl methyl sites for hydroxylation is 1. The number of benzene rings is 1. The van der Waals surface area contributed by atoms with Gasteiger partial charge in [0.1, 0.15) is 5.69 Å². The third-order valence-electron chi connectivity index (χ3n) is 4.53. The fourth-order valence-corrected chi connectivity index (χ4v) is 4.69. The fourth-order valence-electron chi connectivity index (χ4n) is 3.03. The van der Waals surface area contributed by atoms with Crippen molar-refractivity contribution in [2.45, 2.75) is 11.8 Å². The van der Waals surface area contributed by atoms with Gasteiger partial charge in [0.25, 0.3) is 17.6 Å². The zero-order valence-electron chi connectivity index (χ0n) is 14.9. The SMILES string of the molecule is Cc1ccc([N+](=O)[O-])cc1S(=O)(=O)N1CCN(c2c(F)c(F)nc(F)c2F)CC1. The molecule has 2 heterocycles. The first-order valence-electron chi connectivity index (χ1n) is 8.24. The van der Waals surface area contributed by atoms with E-state index in [-0.39, 0.29) is 36.6 Å². The molecule has 0 aliphatic carbocycles. The molecule has 29 heavy (non-hydrogen) atoms. The molecule has 0 saturated carbocycles. The number of hydrogen-bond acceptors (Lipinski definition) is 6. The number of nitro benzene ring substituents is 1. The maximum absolute atomic E-state index is 13.9. The van der Waals surface area contributed by atoms with Crippen LogP contribution in [0.5, 0.6) is 0 Å². The van der Waals surface area contributed by atoms with Gasteiger partial charge in [-0.2, -0.15) is 26.9 Å². The van der Waals surface area contributed by atoms with Crippen LogP contribution in [0.3, 0.4) is 0 Å². The Hall–Kier alpha value is -2.80. The molecule has 8 nitrogen and oxygen atoms in total. The van der Waals surface area contributed by atoms with Crippen LogP contribution >= 0.6 is 0 Å². The van der Waals surface area contributed by atoms with E-state index >= 15 is 0 Å². The van der Waals surface area contributed by atoms with E-state index in [0.29, 0.717) is 0 Å². The fraction of sp³-hybridized carbons (Fsp3) is 0.312. The maximum Gasteiger partial charge on any atom is 0.270 e. The smallest absolute Gasteiger partial charge is 0.270 e. The van der Waals surface area contributed by atoms with Crippen molar-refractivity contribution in [2.24, 2.45) is 0 Å². The molecular formula is C16H14F4N4O4S. The van der Waals surface area contributed by atoms with Crippen LogP contribution < -0.4 is 4.90 Å². The second kappa shape index (κ2) is 7.55. The Morgan fingerprint density at radius 3 is 2.10 bits per heavy atom. The summed E-state index contributed by atoms with van der Waals surface area (Å²) in [6.45, 7) is 0.442. The molecule has 13 heteroatoms. The van der Waals surface area contributed by atoms with Gasteiger partial charge in [-0.05, 0) is 12.5 Å². The number of pyridine rings is 1. The van der Waals surface area contributed by atoms with Crippen molar-refractivity contribution in [2.75, 3.05) is 31.1 Å². The van der Waals surface area contributed by atoms with Crippen molar-refractivity contribution >= 4 is 21.4 Å². The van der Waals surface area contributed by atoms with Gasteiger partial charge in [0.15, 0.2) is 0 Å². The second-order valence-electron chi connectivity index (χ2n) is 6.27. The Labute approximate surface area is 162 Å². The molecule has 0 spiro atoms. The number of piperazine rings is 1. The van der Waals surface area contributed by atoms with Crippen LogP contribution in [-0.2, 0) is 10.0 Å². The number of anilines is 1. The molecule has 1 fully saturated rings. The number of halogens is 4. The molecule has 0 bridgehead atoms. The minimum Gasteiger partial charge on any atom is -0.364 e. The van der Waals surface area contributed by atoms with Crippen LogP contribution in [0.4, 0.5) is 28.9 Å². The van der Waals surface area contributed by atoms with Gasteiger partial charge in [0.05, 0.1) is 9.82 Å². The highest BCUT2D eigenvalue weighted by Gasteiger charge is 2.33. The summed E-state index contributed by atoms with van der Waals surface area (Å²) in [5.74, 6) is -6.95. The lowest BCUT2D eigenvalue weighted by Gasteiger charge is -2.35. The predicted octanol–water partition coefficient (Wildman–Crippen LogP) is 2.37. The first kappa shape index (κ1) is 20.9. The lowest BCUT2D eigenvalue weighted by molar-refractivity contribution is -0.385. The van der Waals surface area contributed by atoms with E-state index in [0.717, 1.165) is 15.3 Å². The van der Waals surface area contributed by atoms with Gasteiger partial charge in [-0.3, -0.25) is 10.1 Å². The molecule has 1 aromatic heterocycles. The minimum atomic E-state index is -4.14. The average Bonchev–Trinajstić information content (AvgIpc) is 2.67. The second-order valence-corrected chi connectivity index (χ2v) is 8.17. The van der Waals surface area contributed by atoms with Gasteiger partial charge in [0, 0.05) is 38.3 Å². The Kier molecular flexibility index (Phi) is 5.45. The standard InChI is InChI=1S/C16H14F4N4O4S/c1-9-2-3-10(24(25)26)8-11(9)29(27,28)23-6-4-22(5-7-23)14-12(17)15(19)21-16(20)13(14)18/h2-3,8H,4-7H2,1H3. The third-order valence-corrected chi connectivity index (χ3v) is 6.57. The number of hydrogen-bond donors (Lipinski definition) is 0. The average molecular weight is 434 g/mol. The minimum absolute atomic E-state index is 0.255. The van der Waals surface area contributed by atoms with E-state index < -0.39 is 49.9 Å². The van der Waals surface area contributed by atoms with E-state index in [1.54, 1.807) is 0 Å². The molecule has 1 saturated heterocycles. The summed E-state index contributed by atoms with van der Waals surface area (Å²) in [6.07, 6.45) is 0. The van der Waals surface area contributed by atoms with Crippen LogP contribution in [0.25, 0.3) is 0 Å². The topological polar surface area (TPSA) is 96.6 Å². The molecule has 1 aromatic carbocycles. The maximum atomic E-state index is 13.9. The largest absolute Gasteiger partial charge is 0.364 e. The zero-order valence-corrected chi connectivity index (χ0v) is 15.7. The quantitative estimate of drug-likeness (QED) is 0.317. The van der Waals surface area contributed by atoms with Crippen LogP contribution in [0, 0.1) is 40.6 Å². The van der Waals surface area contributed by atoms with Crippen LogP contribution in [-0.4, -0.2) is 48.8 Å². The van der Waals surface area contributed by atoms with Gasteiger partial charge in [0.2, 0.25) is 21.7 Å². The van der Waals surface area contributed by atoms with E-state index in [9.17, 15) is 36.1 Å². The van der Waals surface area contributed by atoms with E-state index in [1.807, 2.05) is 0 Å². The lowest BCUT2D eigenvalue weighted by Crippen LogP contribution is -2.49. The summed E-state index contributed by atoms with van der Waals surface area (Å²) < 4.78 is 81.2. The molecule has 0 atom stereocenters. The Bertz CT molecular complexity index is 1060. The van der Waals surface area contributed by atoms with Crippen molar-refractivity contribution < 1.29 is 30.9 Å². The van der Waals surface area contributed by atoms with Crippen molar-refractivity contribution in [3.8, 4) is 0 Å². The molecular weight excluding hydrogens is 420 g/mol. The van der Waals surface area contributed by atoms with Gasteiger partial charge in [-0.1, -0.05) is 6.07 Å². The number of nitrogens with zero attached hydrogens (tertiary/aromatic N) is 4. The van der Waals surface area contributed by atoms with Crippen LogP contribution in [0.1, 0.15) is 5.56 Å². The highest BCUT2D eigenvalue weighted by molar-refractivity contribution is 7.89. The monoisotopic (exact) mass is 434 g/mol. The molecule has 0 unspecified atom stereocenters. The number of sulfonamides is 1. The van der Waals surface area contributed by atoms with Crippen molar-refractivity contribution in [3.05, 3.63) is 57.4 Å². The van der Waals surface area contributed by atoms with Gasteiger partial charge < -0.3 is 4.90 Å². The molecule has 1 aliphatic heterocycles. The molecule has 0 N–H and O–H groups in total. The van der Waals surface area contributed by atoms with Crippen molar-refractivity contribution in [1.29, 1.82) is 0 Å².